The molecule has 0 unspecified atom stereocenters. The fourth-order valence-electron chi connectivity index (χ4n) is 3.70. The van der Waals surface area contributed by atoms with Gasteiger partial charge in [0.1, 0.15) is 5.82 Å². The third kappa shape index (κ3) is 3.63. The first-order valence-corrected chi connectivity index (χ1v) is 9.53. The number of nitrogens with zero attached hydrogens (tertiary/aromatic N) is 3. The zero-order valence-electron chi connectivity index (χ0n) is 15.8. The fourth-order valence-corrected chi connectivity index (χ4v) is 3.70. The van der Waals surface area contributed by atoms with Crippen molar-refractivity contribution in [3.8, 4) is 11.4 Å². The van der Waals surface area contributed by atoms with E-state index in [2.05, 4.69) is 20.1 Å². The van der Waals surface area contributed by atoms with Gasteiger partial charge in [0.15, 0.2) is 5.82 Å². The summed E-state index contributed by atoms with van der Waals surface area (Å²) in [4.78, 5) is 12.7. The number of benzene rings is 2. The molecule has 27 heavy (non-hydrogen) atoms. The van der Waals surface area contributed by atoms with Gasteiger partial charge in [-0.2, -0.15) is 0 Å². The lowest BCUT2D eigenvalue weighted by Crippen LogP contribution is -2.13. The molecule has 1 N–H and O–H groups in total. The number of carbonyl (C=O) groups is 1. The number of amides is 1. The fraction of sp³-hybridized carbons (Fsp3) is 0.318. The Morgan fingerprint density at radius 3 is 2.78 bits per heavy atom. The molecule has 1 aliphatic rings. The minimum absolute atomic E-state index is 0.0928. The molecule has 0 saturated heterocycles. The number of fused-ring (bicyclic) bond motifs is 1. The maximum absolute atomic E-state index is 12.7. The van der Waals surface area contributed by atoms with Gasteiger partial charge in [0, 0.05) is 29.8 Å². The summed E-state index contributed by atoms with van der Waals surface area (Å²) in [6, 6.07) is 13.7. The molecule has 0 radical (unpaired) electrons. The molecule has 4 rings (SSSR count). The number of rotatable bonds is 3. The van der Waals surface area contributed by atoms with E-state index in [9.17, 15) is 4.79 Å². The van der Waals surface area contributed by atoms with Gasteiger partial charge in [0.25, 0.3) is 5.91 Å². The molecular formula is C22H24N4O. The Morgan fingerprint density at radius 1 is 1.04 bits per heavy atom. The van der Waals surface area contributed by atoms with Crippen molar-refractivity contribution in [1.29, 1.82) is 0 Å². The van der Waals surface area contributed by atoms with Crippen molar-refractivity contribution < 1.29 is 4.79 Å². The Balaban J connectivity index is 1.60. The summed E-state index contributed by atoms with van der Waals surface area (Å²) in [5.74, 6) is 1.85. The van der Waals surface area contributed by atoms with Crippen LogP contribution in [0.5, 0.6) is 0 Å². The lowest BCUT2D eigenvalue weighted by molar-refractivity contribution is 0.102. The SMILES string of the molecule is Cc1ccc(C(=O)Nc2cccc(-c3nnc4n3CCCCC4)c2)c(C)c1. The van der Waals surface area contributed by atoms with Gasteiger partial charge in [-0.1, -0.05) is 36.2 Å². The smallest absolute Gasteiger partial charge is 0.255 e. The van der Waals surface area contributed by atoms with E-state index in [1.165, 1.54) is 12.8 Å². The molecule has 0 atom stereocenters. The molecule has 0 fully saturated rings. The third-order valence-corrected chi connectivity index (χ3v) is 5.11. The van der Waals surface area contributed by atoms with Crippen LogP contribution in [0.4, 0.5) is 5.69 Å². The highest BCUT2D eigenvalue weighted by Crippen LogP contribution is 2.25. The normalized spacial score (nSPS) is 13.7. The third-order valence-electron chi connectivity index (χ3n) is 5.11. The molecule has 0 bridgehead atoms. The highest BCUT2D eigenvalue weighted by atomic mass is 16.1. The highest BCUT2D eigenvalue weighted by molar-refractivity contribution is 6.05. The summed E-state index contributed by atoms with van der Waals surface area (Å²) < 4.78 is 2.22. The van der Waals surface area contributed by atoms with Crippen molar-refractivity contribution >= 4 is 11.6 Å². The number of hydrogen-bond acceptors (Lipinski definition) is 3. The molecule has 1 amide bonds. The van der Waals surface area contributed by atoms with Gasteiger partial charge in [-0.3, -0.25) is 4.79 Å². The summed E-state index contributed by atoms with van der Waals surface area (Å²) >= 11 is 0. The predicted octanol–water partition coefficient (Wildman–Crippen LogP) is 4.54. The summed E-state index contributed by atoms with van der Waals surface area (Å²) in [6.07, 6.45) is 4.54. The molecule has 0 saturated carbocycles. The van der Waals surface area contributed by atoms with Crippen LogP contribution in [0.2, 0.25) is 0 Å². The topological polar surface area (TPSA) is 59.8 Å². The highest BCUT2D eigenvalue weighted by Gasteiger charge is 2.16. The van der Waals surface area contributed by atoms with Crippen molar-refractivity contribution in [2.75, 3.05) is 5.32 Å². The van der Waals surface area contributed by atoms with Crippen LogP contribution in [0.15, 0.2) is 42.5 Å². The Labute approximate surface area is 159 Å². The second-order valence-corrected chi connectivity index (χ2v) is 7.26. The van der Waals surface area contributed by atoms with E-state index in [1.807, 2.05) is 56.3 Å². The second-order valence-electron chi connectivity index (χ2n) is 7.26. The molecule has 0 spiro atoms. The molecule has 1 aliphatic heterocycles. The minimum atomic E-state index is -0.0928. The largest absolute Gasteiger partial charge is 0.322 e. The molecule has 5 heteroatoms. The van der Waals surface area contributed by atoms with Crippen LogP contribution in [-0.4, -0.2) is 20.7 Å². The van der Waals surface area contributed by atoms with E-state index >= 15 is 0 Å². The average molecular weight is 360 g/mol. The van der Waals surface area contributed by atoms with Crippen molar-refractivity contribution in [3.05, 3.63) is 65.0 Å². The van der Waals surface area contributed by atoms with Gasteiger partial charge in [0.05, 0.1) is 0 Å². The summed E-state index contributed by atoms with van der Waals surface area (Å²) in [5.41, 5.74) is 4.57. The molecule has 0 aliphatic carbocycles. The summed E-state index contributed by atoms with van der Waals surface area (Å²) in [6.45, 7) is 4.94. The van der Waals surface area contributed by atoms with E-state index in [4.69, 9.17) is 0 Å². The summed E-state index contributed by atoms with van der Waals surface area (Å²) in [5, 5.41) is 11.8. The average Bonchev–Trinajstić information content (AvgIpc) is 2.90. The lowest BCUT2D eigenvalue weighted by atomic mass is 10.0. The van der Waals surface area contributed by atoms with E-state index in [1.54, 1.807) is 0 Å². The zero-order chi connectivity index (χ0) is 18.8. The molecule has 138 valence electrons. The van der Waals surface area contributed by atoms with Crippen LogP contribution < -0.4 is 5.32 Å². The standard InChI is InChI=1S/C22H24N4O/c1-15-10-11-19(16(2)13-15)22(27)23-18-8-6-7-17(14-18)21-25-24-20-9-4-3-5-12-26(20)21/h6-8,10-11,13-14H,3-5,9,12H2,1-2H3,(H,23,27). The van der Waals surface area contributed by atoms with Gasteiger partial charge >= 0.3 is 0 Å². The molecule has 2 aromatic carbocycles. The quantitative estimate of drug-likeness (QED) is 0.746. The molecular weight excluding hydrogens is 336 g/mol. The maximum atomic E-state index is 12.7. The number of aryl methyl sites for hydroxylation is 3. The van der Waals surface area contributed by atoms with Gasteiger partial charge in [0.2, 0.25) is 0 Å². The number of aromatic nitrogens is 3. The van der Waals surface area contributed by atoms with Crippen molar-refractivity contribution in [3.63, 3.8) is 0 Å². The van der Waals surface area contributed by atoms with Crippen molar-refractivity contribution in [2.24, 2.45) is 0 Å². The first-order valence-electron chi connectivity index (χ1n) is 9.53. The number of hydrogen-bond donors (Lipinski definition) is 1. The minimum Gasteiger partial charge on any atom is -0.322 e. The monoisotopic (exact) mass is 360 g/mol. The first-order chi connectivity index (χ1) is 13.1. The van der Waals surface area contributed by atoms with Gasteiger partial charge < -0.3 is 9.88 Å². The number of anilines is 1. The first kappa shape index (κ1) is 17.5. The number of nitrogens with one attached hydrogen (secondary N) is 1. The number of carbonyl (C=O) groups excluding carboxylic acids is 1. The van der Waals surface area contributed by atoms with E-state index in [0.717, 1.165) is 53.4 Å². The maximum Gasteiger partial charge on any atom is 0.255 e. The van der Waals surface area contributed by atoms with Crippen molar-refractivity contribution in [2.45, 2.75) is 46.1 Å². The van der Waals surface area contributed by atoms with Crippen LogP contribution in [-0.2, 0) is 13.0 Å². The Bertz CT molecular complexity index is 990. The lowest BCUT2D eigenvalue weighted by Gasteiger charge is -2.11. The van der Waals surface area contributed by atoms with Gasteiger partial charge in [-0.05, 0) is 50.5 Å². The Morgan fingerprint density at radius 2 is 1.93 bits per heavy atom. The van der Waals surface area contributed by atoms with Crippen molar-refractivity contribution in [1.82, 2.24) is 14.8 Å². The molecule has 5 nitrogen and oxygen atoms in total. The summed E-state index contributed by atoms with van der Waals surface area (Å²) in [7, 11) is 0. The predicted molar refractivity (Wildman–Crippen MR) is 107 cm³/mol. The van der Waals surface area contributed by atoms with Crippen LogP contribution >= 0.6 is 0 Å². The van der Waals surface area contributed by atoms with Crippen LogP contribution in [0.25, 0.3) is 11.4 Å². The molecule has 1 aromatic heterocycles. The van der Waals surface area contributed by atoms with Gasteiger partial charge in [-0.25, -0.2) is 0 Å². The Hall–Kier alpha value is -2.95. The van der Waals surface area contributed by atoms with E-state index in [0.29, 0.717) is 5.56 Å². The molecule has 2 heterocycles. The second kappa shape index (κ2) is 7.35. The van der Waals surface area contributed by atoms with Gasteiger partial charge in [-0.15, -0.1) is 10.2 Å². The molecule has 3 aromatic rings. The van der Waals surface area contributed by atoms with Crippen LogP contribution in [0.3, 0.4) is 0 Å². The van der Waals surface area contributed by atoms with Crippen LogP contribution in [0, 0.1) is 13.8 Å². The Kier molecular flexibility index (Phi) is 4.75. The van der Waals surface area contributed by atoms with Crippen LogP contribution in [0.1, 0.15) is 46.6 Å². The zero-order valence-corrected chi connectivity index (χ0v) is 15.8. The van der Waals surface area contributed by atoms with E-state index in [-0.39, 0.29) is 5.91 Å². The van der Waals surface area contributed by atoms with E-state index < -0.39 is 0 Å².